The summed E-state index contributed by atoms with van der Waals surface area (Å²) in [7, 11) is -4.41. The first-order chi connectivity index (χ1) is 7.36. The summed E-state index contributed by atoms with van der Waals surface area (Å²) in [6.45, 7) is -0.313. The molecule has 0 atom stereocenters. The Morgan fingerprint density at radius 3 is 2.56 bits per heavy atom. The second-order valence-electron chi connectivity index (χ2n) is 3.04. The van der Waals surface area contributed by atoms with Crippen LogP contribution in [0.3, 0.4) is 0 Å². The smallest absolute Gasteiger partial charge is 0.296 e. The largest absolute Gasteiger partial charge is 0.398 e. The fraction of sp³-hybridized carbons (Fsp3) is 0.222. The number of hydrogen-bond acceptors (Lipinski definition) is 5. The molecule has 1 aromatic rings. The monoisotopic (exact) mass is 244 g/mol. The van der Waals surface area contributed by atoms with Crippen LogP contribution in [-0.4, -0.2) is 30.5 Å². The first-order valence-corrected chi connectivity index (χ1v) is 5.73. The summed E-state index contributed by atoms with van der Waals surface area (Å²) in [6.07, 6.45) is -0.0961. The molecule has 0 aromatic heterocycles. The minimum absolute atomic E-state index is 0.0685. The van der Waals surface area contributed by atoms with Crippen molar-refractivity contribution in [2.75, 3.05) is 12.3 Å². The molecule has 1 rings (SSSR count). The Bertz CT molecular complexity index is 509. The summed E-state index contributed by atoms with van der Waals surface area (Å²) >= 11 is 0. The summed E-state index contributed by atoms with van der Waals surface area (Å²) in [4.78, 5) is 10.8. The van der Waals surface area contributed by atoms with Gasteiger partial charge in [-0.25, -0.2) is 0 Å². The molecule has 0 unspecified atom stereocenters. The fourth-order valence-electron chi connectivity index (χ4n) is 1.12. The molecule has 1 radical (unpaired) electrons. The van der Waals surface area contributed by atoms with E-state index in [1.54, 1.807) is 0 Å². The van der Waals surface area contributed by atoms with Gasteiger partial charge in [0.25, 0.3) is 10.1 Å². The number of Topliss-reactive ketones (excluding diaryl/α,β-unsaturated/α-hetero) is 1. The highest BCUT2D eigenvalue weighted by Gasteiger charge is 2.16. The fourth-order valence-corrected chi connectivity index (χ4v) is 1.68. The van der Waals surface area contributed by atoms with Gasteiger partial charge in [-0.1, -0.05) is 0 Å². The van der Waals surface area contributed by atoms with Crippen LogP contribution in [0, 0.1) is 6.07 Å². The lowest BCUT2D eigenvalue weighted by molar-refractivity contribution is 0.0956. The van der Waals surface area contributed by atoms with Crippen LogP contribution in [0.2, 0.25) is 0 Å². The van der Waals surface area contributed by atoms with Gasteiger partial charge in [0.05, 0.1) is 12.3 Å². The highest BCUT2D eigenvalue weighted by atomic mass is 32.2. The van der Waals surface area contributed by atoms with Gasteiger partial charge in [-0.05, 0) is 18.2 Å². The van der Waals surface area contributed by atoms with Crippen LogP contribution in [0.1, 0.15) is 16.8 Å². The number of carbonyl (C=O) groups excluding carboxylic acids is 1. The van der Waals surface area contributed by atoms with E-state index < -0.39 is 20.8 Å². The molecule has 0 amide bonds. The number of carbonyl (C=O) groups is 1. The molecule has 0 bridgehead atoms. The second-order valence-corrected chi connectivity index (χ2v) is 4.43. The highest BCUT2D eigenvalue weighted by molar-refractivity contribution is 7.86. The summed E-state index contributed by atoms with van der Waals surface area (Å²) in [6, 6.07) is 4.41. The highest BCUT2D eigenvalue weighted by Crippen LogP contribution is 2.19. The Morgan fingerprint density at radius 1 is 1.50 bits per heavy atom. The third-order valence-electron chi connectivity index (χ3n) is 1.86. The van der Waals surface area contributed by atoms with Crippen molar-refractivity contribution in [2.24, 2.45) is 0 Å². The van der Waals surface area contributed by atoms with E-state index in [9.17, 15) is 13.2 Å². The Labute approximate surface area is 92.5 Å². The molecule has 0 aliphatic rings. The maximum atomic E-state index is 11.3. The van der Waals surface area contributed by atoms with Gasteiger partial charge in [0.2, 0.25) is 0 Å². The number of anilines is 1. The Hall–Kier alpha value is -1.44. The van der Waals surface area contributed by atoms with E-state index in [0.717, 1.165) is 12.1 Å². The minimum Gasteiger partial charge on any atom is -0.398 e. The molecule has 1 aromatic carbocycles. The predicted octanol–water partition coefficient (Wildman–Crippen LogP) is -0.119. The molecule has 0 saturated carbocycles. The SMILES string of the molecule is Nc1cc(C(=O)CCO)[c]cc1S(=O)(=O)O. The van der Waals surface area contributed by atoms with E-state index in [1.165, 1.54) is 0 Å². The van der Waals surface area contributed by atoms with Crippen molar-refractivity contribution in [1.29, 1.82) is 0 Å². The Balaban J connectivity index is 3.14. The zero-order chi connectivity index (χ0) is 12.3. The van der Waals surface area contributed by atoms with E-state index in [0.29, 0.717) is 0 Å². The number of aliphatic hydroxyl groups excluding tert-OH is 1. The molecule has 0 fully saturated rings. The van der Waals surface area contributed by atoms with Gasteiger partial charge in [0, 0.05) is 12.0 Å². The standard InChI is InChI=1S/C9H10NO5S/c10-7-5-6(8(12)3-4-11)1-2-9(7)16(13,14)15/h2,5,11H,3-4,10H2,(H,13,14,15). The van der Waals surface area contributed by atoms with Crippen LogP contribution in [0.5, 0.6) is 0 Å². The molecule has 6 nitrogen and oxygen atoms in total. The van der Waals surface area contributed by atoms with Gasteiger partial charge in [-0.3, -0.25) is 9.35 Å². The van der Waals surface area contributed by atoms with E-state index >= 15 is 0 Å². The molecule has 0 saturated heterocycles. The zero-order valence-electron chi connectivity index (χ0n) is 8.17. The quantitative estimate of drug-likeness (QED) is 0.386. The molecule has 16 heavy (non-hydrogen) atoms. The van der Waals surface area contributed by atoms with Crippen LogP contribution < -0.4 is 5.73 Å². The molecule has 4 N–H and O–H groups in total. The third-order valence-corrected chi connectivity index (χ3v) is 2.77. The van der Waals surface area contributed by atoms with E-state index in [1.807, 2.05) is 0 Å². The van der Waals surface area contributed by atoms with E-state index in [2.05, 4.69) is 6.07 Å². The topological polar surface area (TPSA) is 118 Å². The number of rotatable bonds is 4. The van der Waals surface area contributed by atoms with Crippen LogP contribution in [0.15, 0.2) is 17.0 Å². The molecular weight excluding hydrogens is 234 g/mol. The average molecular weight is 244 g/mol. The lowest BCUT2D eigenvalue weighted by Gasteiger charge is -2.04. The van der Waals surface area contributed by atoms with Crippen molar-refractivity contribution in [1.82, 2.24) is 0 Å². The number of ketones is 1. The predicted molar refractivity (Wildman–Crippen MR) is 55.5 cm³/mol. The maximum absolute atomic E-state index is 11.3. The summed E-state index contributed by atoms with van der Waals surface area (Å²) in [5, 5.41) is 8.55. The van der Waals surface area contributed by atoms with Crippen LogP contribution >= 0.6 is 0 Å². The minimum atomic E-state index is -4.41. The first-order valence-electron chi connectivity index (χ1n) is 4.29. The van der Waals surface area contributed by atoms with Gasteiger partial charge in [-0.15, -0.1) is 0 Å². The van der Waals surface area contributed by atoms with Gasteiger partial charge >= 0.3 is 0 Å². The van der Waals surface area contributed by atoms with Gasteiger partial charge < -0.3 is 10.8 Å². The Kier molecular flexibility index (Phi) is 3.63. The molecular formula is C9H10NO5S. The van der Waals surface area contributed by atoms with Crippen molar-refractivity contribution < 1.29 is 22.9 Å². The van der Waals surface area contributed by atoms with Crippen molar-refractivity contribution in [2.45, 2.75) is 11.3 Å². The van der Waals surface area contributed by atoms with Gasteiger partial charge in [0.1, 0.15) is 4.90 Å². The lowest BCUT2D eigenvalue weighted by Crippen LogP contribution is -2.07. The van der Waals surface area contributed by atoms with E-state index in [-0.39, 0.29) is 24.3 Å². The number of aliphatic hydroxyl groups is 1. The molecule has 87 valence electrons. The average Bonchev–Trinajstić information content (AvgIpc) is 2.16. The summed E-state index contributed by atoms with van der Waals surface area (Å²) in [5.74, 6) is -0.406. The molecule has 0 aliphatic carbocycles. The number of benzene rings is 1. The van der Waals surface area contributed by atoms with E-state index in [4.69, 9.17) is 15.4 Å². The normalized spacial score (nSPS) is 11.4. The number of nitrogens with two attached hydrogens (primary N) is 1. The van der Waals surface area contributed by atoms with Crippen molar-refractivity contribution >= 4 is 21.6 Å². The Morgan fingerprint density at radius 2 is 2.12 bits per heavy atom. The second kappa shape index (κ2) is 4.60. The molecule has 0 aliphatic heterocycles. The van der Waals surface area contributed by atoms with Crippen molar-refractivity contribution in [3.05, 3.63) is 23.8 Å². The zero-order valence-corrected chi connectivity index (χ0v) is 8.99. The van der Waals surface area contributed by atoms with Crippen LogP contribution in [0.4, 0.5) is 5.69 Å². The molecule has 7 heteroatoms. The van der Waals surface area contributed by atoms with Gasteiger partial charge in [-0.2, -0.15) is 8.42 Å². The third kappa shape index (κ3) is 2.78. The van der Waals surface area contributed by atoms with Gasteiger partial charge in [0.15, 0.2) is 5.78 Å². The number of nitrogen functional groups attached to an aromatic ring is 1. The van der Waals surface area contributed by atoms with Crippen molar-refractivity contribution in [3.63, 3.8) is 0 Å². The summed E-state index contributed by atoms with van der Waals surface area (Å²) < 4.78 is 30.3. The molecule has 0 heterocycles. The summed E-state index contributed by atoms with van der Waals surface area (Å²) in [5.41, 5.74) is 5.20. The van der Waals surface area contributed by atoms with Crippen LogP contribution in [-0.2, 0) is 10.1 Å². The number of hydrogen-bond donors (Lipinski definition) is 3. The van der Waals surface area contributed by atoms with Crippen LogP contribution in [0.25, 0.3) is 0 Å². The van der Waals surface area contributed by atoms with Crippen molar-refractivity contribution in [3.8, 4) is 0 Å². The first kappa shape index (κ1) is 12.6. The maximum Gasteiger partial charge on any atom is 0.296 e. The molecule has 0 spiro atoms. The lowest BCUT2D eigenvalue weighted by atomic mass is 10.1.